The smallest absolute Gasteiger partial charge is 0.226 e. The number of pyridine rings is 1. The molecular formula is C12H16N4O. The van der Waals surface area contributed by atoms with Gasteiger partial charge in [0, 0.05) is 30.9 Å². The molecule has 2 aromatic heterocycles. The largest absolute Gasteiger partial charge is 0.421 e. The second-order valence-corrected chi connectivity index (χ2v) is 4.04. The number of rotatable bonds is 3. The van der Waals surface area contributed by atoms with Gasteiger partial charge in [0.2, 0.25) is 11.8 Å². The summed E-state index contributed by atoms with van der Waals surface area (Å²) < 4.78 is 7.41. The van der Waals surface area contributed by atoms with Gasteiger partial charge in [-0.05, 0) is 19.9 Å². The number of hydrogen-bond donors (Lipinski definition) is 1. The van der Waals surface area contributed by atoms with Crippen molar-refractivity contribution in [1.29, 1.82) is 0 Å². The molecule has 5 heteroatoms. The van der Waals surface area contributed by atoms with Gasteiger partial charge in [0.25, 0.3) is 0 Å². The summed E-state index contributed by atoms with van der Waals surface area (Å²) in [6.45, 7) is 3.82. The second kappa shape index (κ2) is 4.55. The molecule has 0 unspecified atom stereocenters. The van der Waals surface area contributed by atoms with Gasteiger partial charge in [-0.3, -0.25) is 0 Å². The van der Waals surface area contributed by atoms with Crippen LogP contribution in [0, 0.1) is 6.92 Å². The monoisotopic (exact) mass is 232 g/mol. The topological polar surface area (TPSA) is 66.0 Å². The van der Waals surface area contributed by atoms with Crippen LogP contribution >= 0.6 is 0 Å². The highest BCUT2D eigenvalue weighted by molar-refractivity contribution is 5.31. The van der Waals surface area contributed by atoms with Crippen LogP contribution in [0.25, 0.3) is 0 Å². The lowest BCUT2D eigenvalue weighted by molar-refractivity contribution is 0.408. The summed E-state index contributed by atoms with van der Waals surface area (Å²) in [7, 11) is 1.83. The van der Waals surface area contributed by atoms with E-state index < -0.39 is 0 Å². The molecule has 17 heavy (non-hydrogen) atoms. The highest BCUT2D eigenvalue weighted by atomic mass is 16.5. The minimum Gasteiger partial charge on any atom is -0.421 e. The SMILES string of the molecule is Cc1cc(Oc2ncccc2[C@@H](C)N)n(C)n1. The lowest BCUT2D eigenvalue weighted by atomic mass is 10.1. The Labute approximate surface area is 100 Å². The molecule has 2 rings (SSSR count). The fourth-order valence-corrected chi connectivity index (χ4v) is 1.62. The van der Waals surface area contributed by atoms with Crippen molar-refractivity contribution in [2.24, 2.45) is 12.8 Å². The Balaban J connectivity index is 2.33. The maximum atomic E-state index is 5.87. The number of hydrogen-bond acceptors (Lipinski definition) is 4. The van der Waals surface area contributed by atoms with Crippen molar-refractivity contribution in [2.45, 2.75) is 19.9 Å². The molecule has 2 aromatic rings. The lowest BCUT2D eigenvalue weighted by Crippen LogP contribution is -2.08. The van der Waals surface area contributed by atoms with Gasteiger partial charge in [0.1, 0.15) is 0 Å². The first kappa shape index (κ1) is 11.6. The Kier molecular flexibility index (Phi) is 3.10. The van der Waals surface area contributed by atoms with Gasteiger partial charge in [0.15, 0.2) is 0 Å². The van der Waals surface area contributed by atoms with E-state index in [1.165, 1.54) is 0 Å². The third-order valence-electron chi connectivity index (χ3n) is 2.45. The molecule has 0 spiro atoms. The molecule has 1 atom stereocenters. The predicted molar refractivity (Wildman–Crippen MR) is 64.9 cm³/mol. The third-order valence-corrected chi connectivity index (χ3v) is 2.45. The Bertz CT molecular complexity index is 519. The first-order chi connectivity index (χ1) is 8.08. The van der Waals surface area contributed by atoms with Crippen molar-refractivity contribution in [3.63, 3.8) is 0 Å². The van der Waals surface area contributed by atoms with Crippen LogP contribution in [-0.2, 0) is 7.05 Å². The molecule has 0 aliphatic rings. The summed E-state index contributed by atoms with van der Waals surface area (Å²) in [5.41, 5.74) is 7.65. The minimum atomic E-state index is -0.118. The van der Waals surface area contributed by atoms with Crippen LogP contribution in [-0.4, -0.2) is 14.8 Å². The fraction of sp³-hybridized carbons (Fsp3) is 0.333. The molecule has 0 amide bonds. The quantitative estimate of drug-likeness (QED) is 0.878. The Morgan fingerprint density at radius 1 is 1.47 bits per heavy atom. The molecule has 0 aromatic carbocycles. The number of ether oxygens (including phenoxy) is 1. The van der Waals surface area contributed by atoms with Crippen LogP contribution in [0.2, 0.25) is 0 Å². The minimum absolute atomic E-state index is 0.118. The number of nitrogens with two attached hydrogens (primary N) is 1. The molecule has 0 aliphatic carbocycles. The van der Waals surface area contributed by atoms with E-state index in [2.05, 4.69) is 10.1 Å². The summed E-state index contributed by atoms with van der Waals surface area (Å²) in [4.78, 5) is 4.20. The maximum Gasteiger partial charge on any atom is 0.226 e. The van der Waals surface area contributed by atoms with Crippen molar-refractivity contribution in [3.05, 3.63) is 35.7 Å². The van der Waals surface area contributed by atoms with E-state index in [0.717, 1.165) is 11.3 Å². The summed E-state index contributed by atoms with van der Waals surface area (Å²) in [6, 6.07) is 5.50. The first-order valence-corrected chi connectivity index (χ1v) is 5.47. The second-order valence-electron chi connectivity index (χ2n) is 4.04. The van der Waals surface area contributed by atoms with Crippen molar-refractivity contribution in [2.75, 3.05) is 0 Å². The Morgan fingerprint density at radius 3 is 2.82 bits per heavy atom. The zero-order valence-corrected chi connectivity index (χ0v) is 10.2. The van der Waals surface area contributed by atoms with Crippen LogP contribution < -0.4 is 10.5 Å². The van der Waals surface area contributed by atoms with E-state index in [9.17, 15) is 0 Å². The van der Waals surface area contributed by atoms with Gasteiger partial charge in [-0.1, -0.05) is 6.07 Å². The number of aryl methyl sites for hydroxylation is 2. The molecule has 90 valence electrons. The summed E-state index contributed by atoms with van der Waals surface area (Å²) in [5, 5.41) is 4.21. The van der Waals surface area contributed by atoms with Crippen molar-refractivity contribution in [1.82, 2.24) is 14.8 Å². The average Bonchev–Trinajstić information content (AvgIpc) is 2.58. The third kappa shape index (κ3) is 2.45. The summed E-state index contributed by atoms with van der Waals surface area (Å²) in [5.74, 6) is 1.19. The molecule has 2 N–H and O–H groups in total. The Morgan fingerprint density at radius 2 is 2.24 bits per heavy atom. The van der Waals surface area contributed by atoms with Gasteiger partial charge < -0.3 is 10.5 Å². The number of aromatic nitrogens is 3. The van der Waals surface area contributed by atoms with Crippen molar-refractivity contribution in [3.8, 4) is 11.8 Å². The van der Waals surface area contributed by atoms with Crippen LogP contribution in [0.1, 0.15) is 24.2 Å². The zero-order chi connectivity index (χ0) is 12.4. The van der Waals surface area contributed by atoms with Gasteiger partial charge in [-0.25, -0.2) is 9.67 Å². The van der Waals surface area contributed by atoms with E-state index in [-0.39, 0.29) is 6.04 Å². The van der Waals surface area contributed by atoms with Gasteiger partial charge in [-0.2, -0.15) is 5.10 Å². The normalized spacial score (nSPS) is 12.5. The van der Waals surface area contributed by atoms with Crippen molar-refractivity contribution >= 4 is 0 Å². The predicted octanol–water partition coefficient (Wildman–Crippen LogP) is 1.94. The molecule has 2 heterocycles. The Hall–Kier alpha value is -1.88. The fourth-order valence-electron chi connectivity index (χ4n) is 1.62. The van der Waals surface area contributed by atoms with E-state index in [4.69, 9.17) is 10.5 Å². The van der Waals surface area contributed by atoms with Gasteiger partial charge in [0.05, 0.1) is 5.69 Å². The van der Waals surface area contributed by atoms with E-state index in [1.54, 1.807) is 10.9 Å². The molecule has 0 fully saturated rings. The zero-order valence-electron chi connectivity index (χ0n) is 10.2. The van der Waals surface area contributed by atoms with E-state index >= 15 is 0 Å². The molecule has 0 bridgehead atoms. The number of nitrogens with zero attached hydrogens (tertiary/aromatic N) is 3. The summed E-state index contributed by atoms with van der Waals surface area (Å²) >= 11 is 0. The van der Waals surface area contributed by atoms with Gasteiger partial charge in [-0.15, -0.1) is 0 Å². The highest BCUT2D eigenvalue weighted by Crippen LogP contribution is 2.26. The lowest BCUT2D eigenvalue weighted by Gasteiger charge is -2.11. The average molecular weight is 232 g/mol. The summed E-state index contributed by atoms with van der Waals surface area (Å²) in [6.07, 6.45) is 1.68. The molecule has 5 nitrogen and oxygen atoms in total. The van der Waals surface area contributed by atoms with Crippen molar-refractivity contribution < 1.29 is 4.74 Å². The molecular weight excluding hydrogens is 216 g/mol. The van der Waals surface area contributed by atoms with Crippen LogP contribution in [0.5, 0.6) is 11.8 Å². The van der Waals surface area contributed by atoms with Crippen LogP contribution in [0.4, 0.5) is 0 Å². The first-order valence-electron chi connectivity index (χ1n) is 5.47. The standard InChI is InChI=1S/C12H16N4O/c1-8-7-11(16(3)15-8)17-12-10(9(2)13)5-4-6-14-12/h4-7,9H,13H2,1-3H3/t9-/m1/s1. The molecule has 0 saturated carbocycles. The van der Waals surface area contributed by atoms with E-state index in [1.807, 2.05) is 39.1 Å². The highest BCUT2D eigenvalue weighted by Gasteiger charge is 2.12. The molecule has 0 radical (unpaired) electrons. The van der Waals surface area contributed by atoms with Crippen LogP contribution in [0.15, 0.2) is 24.4 Å². The van der Waals surface area contributed by atoms with Crippen LogP contribution in [0.3, 0.4) is 0 Å². The van der Waals surface area contributed by atoms with E-state index in [0.29, 0.717) is 11.8 Å². The maximum absolute atomic E-state index is 5.87. The van der Waals surface area contributed by atoms with Gasteiger partial charge >= 0.3 is 0 Å². The molecule has 0 saturated heterocycles. The molecule has 0 aliphatic heterocycles.